The lowest BCUT2D eigenvalue weighted by atomic mass is 9.53. The molecule has 2 aromatic carbocycles. The number of carboxylic acid groups (broad SMARTS) is 2. The molecule has 0 spiro atoms. The fourth-order valence-corrected chi connectivity index (χ4v) is 10.2. The third kappa shape index (κ3) is 4.82. The standard InChI is InChI=1S/C39H52O8/c1-20-22(3)32-27(24(5)30(20)40)10-12-36(7,46-32)15-17-38-14-9-26(19-38)29(34(42)43)39(38,35(44)45)18-16-37(8)13-11-28-25(6)31(41)21(2)23(4)33(28)47-37/h26,29,40-41H,9-19H2,1-8H3,(H,42,43)(H,44,45). The topological polar surface area (TPSA) is 134 Å². The van der Waals surface area contributed by atoms with E-state index in [0.29, 0.717) is 56.4 Å². The summed E-state index contributed by atoms with van der Waals surface area (Å²) in [6.07, 6.45) is 6.76. The molecular formula is C39H52O8. The number of aromatic hydroxyl groups is 2. The number of benzene rings is 2. The van der Waals surface area contributed by atoms with Crippen LogP contribution in [0.3, 0.4) is 0 Å². The van der Waals surface area contributed by atoms with E-state index < -0.39 is 39.9 Å². The predicted octanol–water partition coefficient (Wildman–Crippen LogP) is 7.95. The van der Waals surface area contributed by atoms with E-state index in [-0.39, 0.29) is 12.3 Å². The maximum Gasteiger partial charge on any atom is 0.311 e. The fraction of sp³-hybridized carbons (Fsp3) is 0.641. The summed E-state index contributed by atoms with van der Waals surface area (Å²) in [5.41, 5.74) is 3.84. The Morgan fingerprint density at radius 3 is 1.60 bits per heavy atom. The smallest absolute Gasteiger partial charge is 0.311 e. The number of ether oxygens (including phenoxy) is 2. The first kappa shape index (κ1) is 33.5. The highest BCUT2D eigenvalue weighted by Crippen LogP contribution is 2.71. The van der Waals surface area contributed by atoms with Gasteiger partial charge in [-0.25, -0.2) is 0 Å². The summed E-state index contributed by atoms with van der Waals surface area (Å²) in [6, 6.07) is 0. The predicted molar refractivity (Wildman–Crippen MR) is 179 cm³/mol. The Kier molecular flexibility index (Phi) is 7.88. The summed E-state index contributed by atoms with van der Waals surface area (Å²) < 4.78 is 13.5. The quantitative estimate of drug-likeness (QED) is 0.227. The van der Waals surface area contributed by atoms with Gasteiger partial charge in [-0.3, -0.25) is 9.59 Å². The van der Waals surface area contributed by atoms with Crippen molar-refractivity contribution in [3.8, 4) is 23.0 Å². The lowest BCUT2D eigenvalue weighted by molar-refractivity contribution is -0.177. The van der Waals surface area contributed by atoms with Crippen molar-refractivity contribution in [2.45, 2.75) is 137 Å². The van der Waals surface area contributed by atoms with Gasteiger partial charge in [-0.2, -0.15) is 0 Å². The molecule has 256 valence electrons. The number of carbonyl (C=O) groups is 2. The third-order valence-electron chi connectivity index (χ3n) is 13.6. The molecule has 0 amide bonds. The van der Waals surface area contributed by atoms with Crippen LogP contribution in [0.2, 0.25) is 0 Å². The number of hydrogen-bond donors (Lipinski definition) is 4. The van der Waals surface area contributed by atoms with Crippen molar-refractivity contribution in [1.82, 2.24) is 0 Å². The second kappa shape index (κ2) is 11.1. The lowest BCUT2D eigenvalue weighted by Crippen LogP contribution is -2.54. The molecule has 2 aromatic rings. The van der Waals surface area contributed by atoms with Gasteiger partial charge >= 0.3 is 11.9 Å². The molecule has 47 heavy (non-hydrogen) atoms. The molecule has 6 atom stereocenters. The van der Waals surface area contributed by atoms with Crippen molar-refractivity contribution in [2.75, 3.05) is 0 Å². The van der Waals surface area contributed by atoms with Gasteiger partial charge in [0.05, 0.1) is 11.3 Å². The van der Waals surface area contributed by atoms with E-state index >= 15 is 0 Å². The first-order valence-corrected chi connectivity index (χ1v) is 17.4. The normalized spacial score (nSPS) is 32.3. The molecule has 8 heteroatoms. The summed E-state index contributed by atoms with van der Waals surface area (Å²) in [6.45, 7) is 15.7. The van der Waals surface area contributed by atoms with Crippen molar-refractivity contribution >= 4 is 11.9 Å². The molecule has 4 N–H and O–H groups in total. The average Bonchev–Trinajstić information content (AvgIpc) is 3.58. The molecule has 2 fully saturated rings. The Balaban J connectivity index is 1.30. The minimum absolute atomic E-state index is 0.170. The van der Waals surface area contributed by atoms with E-state index in [1.807, 2.05) is 48.5 Å². The number of phenolic OH excluding ortho intramolecular Hbond substituents is 2. The zero-order valence-corrected chi connectivity index (χ0v) is 29.4. The zero-order chi connectivity index (χ0) is 34.4. The number of aliphatic carboxylic acids is 2. The van der Waals surface area contributed by atoms with Gasteiger partial charge in [0, 0.05) is 11.1 Å². The number of rotatable bonds is 8. The van der Waals surface area contributed by atoms with E-state index in [9.17, 15) is 30.0 Å². The highest BCUT2D eigenvalue weighted by atomic mass is 16.5. The molecule has 2 bridgehead atoms. The molecule has 0 radical (unpaired) electrons. The van der Waals surface area contributed by atoms with E-state index in [0.717, 1.165) is 75.3 Å². The molecule has 6 rings (SSSR count). The minimum atomic E-state index is -1.41. The summed E-state index contributed by atoms with van der Waals surface area (Å²) in [5, 5.41) is 43.1. The molecule has 2 aliphatic carbocycles. The van der Waals surface area contributed by atoms with Crippen molar-refractivity contribution in [3.63, 3.8) is 0 Å². The molecule has 8 nitrogen and oxygen atoms in total. The van der Waals surface area contributed by atoms with E-state index in [1.165, 1.54) is 0 Å². The van der Waals surface area contributed by atoms with Gasteiger partial charge in [0.2, 0.25) is 0 Å². The van der Waals surface area contributed by atoms with E-state index in [2.05, 4.69) is 6.92 Å². The molecular weight excluding hydrogens is 596 g/mol. The van der Waals surface area contributed by atoms with E-state index in [1.54, 1.807) is 0 Å². The maximum absolute atomic E-state index is 13.6. The largest absolute Gasteiger partial charge is 0.507 e. The van der Waals surface area contributed by atoms with Crippen molar-refractivity contribution < 1.29 is 39.5 Å². The van der Waals surface area contributed by atoms with Gasteiger partial charge < -0.3 is 29.9 Å². The number of carboxylic acids is 2. The van der Waals surface area contributed by atoms with Crippen LogP contribution in [0.4, 0.5) is 0 Å². The van der Waals surface area contributed by atoms with Gasteiger partial charge in [-0.1, -0.05) is 0 Å². The summed E-state index contributed by atoms with van der Waals surface area (Å²) in [5.74, 6) is -0.925. The molecule has 0 aromatic heterocycles. The number of phenols is 2. The Hall–Kier alpha value is -3.42. The Labute approximate surface area is 278 Å². The number of hydrogen-bond acceptors (Lipinski definition) is 6. The van der Waals surface area contributed by atoms with Crippen LogP contribution in [0.1, 0.15) is 116 Å². The lowest BCUT2D eigenvalue weighted by Gasteiger charge is -2.50. The van der Waals surface area contributed by atoms with Gasteiger partial charge in [-0.15, -0.1) is 0 Å². The van der Waals surface area contributed by atoms with Crippen LogP contribution in [0.25, 0.3) is 0 Å². The van der Waals surface area contributed by atoms with Crippen LogP contribution in [-0.2, 0) is 22.4 Å². The molecule has 2 heterocycles. The first-order valence-electron chi connectivity index (χ1n) is 17.4. The minimum Gasteiger partial charge on any atom is -0.507 e. The average molecular weight is 649 g/mol. The summed E-state index contributed by atoms with van der Waals surface area (Å²) >= 11 is 0. The van der Waals surface area contributed by atoms with Gasteiger partial charge in [0.1, 0.15) is 34.2 Å². The highest BCUT2D eigenvalue weighted by Gasteiger charge is 2.72. The van der Waals surface area contributed by atoms with Crippen LogP contribution in [0.5, 0.6) is 23.0 Å². The second-order valence-corrected chi connectivity index (χ2v) is 16.0. The van der Waals surface area contributed by atoms with Crippen LogP contribution in [0, 0.1) is 64.2 Å². The zero-order valence-electron chi connectivity index (χ0n) is 29.4. The Morgan fingerprint density at radius 1 is 0.681 bits per heavy atom. The van der Waals surface area contributed by atoms with Crippen molar-refractivity contribution in [1.29, 1.82) is 0 Å². The molecule has 4 aliphatic rings. The first-order chi connectivity index (χ1) is 21.9. The van der Waals surface area contributed by atoms with Crippen molar-refractivity contribution in [2.24, 2.45) is 22.7 Å². The van der Waals surface area contributed by atoms with Gasteiger partial charge in [0.15, 0.2) is 0 Å². The number of fused-ring (bicyclic) bond motifs is 4. The molecule has 2 saturated carbocycles. The second-order valence-electron chi connectivity index (χ2n) is 16.0. The molecule has 6 unspecified atom stereocenters. The summed E-state index contributed by atoms with van der Waals surface area (Å²) in [7, 11) is 0. The SMILES string of the molecule is Cc1c(C)c2c(c(C)c1O)CCC(C)(CCC13CCC(C1)C(C(=O)O)C3(CCC1(C)CCc3c(C)c(O)c(C)c(C)c3O1)C(=O)O)O2. The van der Waals surface area contributed by atoms with Crippen LogP contribution in [-0.4, -0.2) is 43.6 Å². The fourth-order valence-electron chi connectivity index (χ4n) is 10.2. The monoisotopic (exact) mass is 648 g/mol. The third-order valence-corrected chi connectivity index (χ3v) is 13.6. The van der Waals surface area contributed by atoms with Crippen molar-refractivity contribution in [3.05, 3.63) is 44.5 Å². The highest BCUT2D eigenvalue weighted by molar-refractivity contribution is 5.86. The molecule has 0 saturated heterocycles. The van der Waals surface area contributed by atoms with Gasteiger partial charge in [0.25, 0.3) is 0 Å². The Morgan fingerprint density at radius 2 is 1.15 bits per heavy atom. The maximum atomic E-state index is 13.6. The van der Waals surface area contributed by atoms with Crippen LogP contribution in [0.15, 0.2) is 0 Å². The Bertz CT molecular complexity index is 1680. The van der Waals surface area contributed by atoms with Crippen LogP contribution >= 0.6 is 0 Å². The van der Waals surface area contributed by atoms with E-state index in [4.69, 9.17) is 9.47 Å². The summed E-state index contributed by atoms with van der Waals surface area (Å²) in [4.78, 5) is 26.6. The van der Waals surface area contributed by atoms with Gasteiger partial charge in [-0.05, 0) is 171 Å². The molecule has 2 aliphatic heterocycles. The van der Waals surface area contributed by atoms with Crippen LogP contribution < -0.4 is 9.47 Å².